The van der Waals surface area contributed by atoms with E-state index in [1.165, 1.54) is 12.1 Å². The van der Waals surface area contributed by atoms with Crippen LogP contribution in [0.5, 0.6) is 0 Å². The van der Waals surface area contributed by atoms with Gasteiger partial charge < -0.3 is 0 Å². The molecular weight excluding hydrogens is 405 g/mol. The normalized spacial score (nSPS) is 15.9. The molecule has 1 aromatic heterocycles. The van der Waals surface area contributed by atoms with Crippen molar-refractivity contribution in [3.8, 4) is 5.69 Å². The Labute approximate surface area is 175 Å². The molecular formula is C21H24FN5O2S. The average Bonchev–Trinajstić information content (AvgIpc) is 3.18. The Balaban J connectivity index is 1.38. The smallest absolute Gasteiger partial charge is 0.229 e. The highest BCUT2D eigenvalue weighted by atomic mass is 32.2. The summed E-state index contributed by atoms with van der Waals surface area (Å²) in [5, 5.41) is 8.47. The Hall–Kier alpha value is -2.78. The average molecular weight is 430 g/mol. The van der Waals surface area contributed by atoms with Gasteiger partial charge >= 0.3 is 0 Å². The zero-order valence-corrected chi connectivity index (χ0v) is 17.5. The summed E-state index contributed by atoms with van der Waals surface area (Å²) in [4.78, 5) is 2.28. The maximum Gasteiger partial charge on any atom is 0.229 e. The van der Waals surface area contributed by atoms with Crippen molar-refractivity contribution < 1.29 is 12.8 Å². The number of nitrogens with zero attached hydrogens (tertiary/aromatic N) is 4. The van der Waals surface area contributed by atoms with Gasteiger partial charge in [-0.1, -0.05) is 23.4 Å². The summed E-state index contributed by atoms with van der Waals surface area (Å²) in [7, 11) is -3.39. The van der Waals surface area contributed by atoms with E-state index in [0.717, 1.165) is 43.6 Å². The molecule has 30 heavy (non-hydrogen) atoms. The first kappa shape index (κ1) is 20.5. The van der Waals surface area contributed by atoms with Crippen molar-refractivity contribution in [3.05, 3.63) is 71.8 Å². The minimum atomic E-state index is -3.39. The second kappa shape index (κ2) is 8.53. The van der Waals surface area contributed by atoms with Gasteiger partial charge in [0, 0.05) is 12.2 Å². The molecule has 0 saturated carbocycles. The summed E-state index contributed by atoms with van der Waals surface area (Å²) in [6, 6.07) is 14.2. The lowest BCUT2D eigenvalue weighted by molar-refractivity contribution is 0.201. The summed E-state index contributed by atoms with van der Waals surface area (Å²) in [5.74, 6) is -0.235. The van der Waals surface area contributed by atoms with E-state index in [2.05, 4.69) is 19.9 Å². The predicted molar refractivity (Wildman–Crippen MR) is 113 cm³/mol. The van der Waals surface area contributed by atoms with E-state index in [1.54, 1.807) is 10.7 Å². The van der Waals surface area contributed by atoms with Gasteiger partial charge in [-0.25, -0.2) is 17.5 Å². The zero-order valence-electron chi connectivity index (χ0n) is 16.7. The van der Waals surface area contributed by atoms with Crippen LogP contribution in [-0.4, -0.2) is 47.7 Å². The number of sulfonamides is 1. The monoisotopic (exact) mass is 429 g/mol. The van der Waals surface area contributed by atoms with Gasteiger partial charge in [-0.2, -0.15) is 0 Å². The zero-order chi connectivity index (χ0) is 21.1. The number of hydrogen-bond donors (Lipinski definition) is 1. The molecule has 0 unspecified atom stereocenters. The Morgan fingerprint density at radius 2 is 1.87 bits per heavy atom. The van der Waals surface area contributed by atoms with Crippen molar-refractivity contribution in [2.75, 3.05) is 24.1 Å². The molecule has 0 radical (unpaired) electrons. The summed E-state index contributed by atoms with van der Waals surface area (Å²) >= 11 is 0. The molecule has 1 N–H and O–H groups in total. The summed E-state index contributed by atoms with van der Waals surface area (Å²) in [5.41, 5.74) is 2.82. The van der Waals surface area contributed by atoms with Crippen molar-refractivity contribution >= 4 is 15.7 Å². The van der Waals surface area contributed by atoms with Crippen molar-refractivity contribution in [2.24, 2.45) is 0 Å². The minimum Gasteiger partial charge on any atom is -0.297 e. The Kier molecular flexibility index (Phi) is 5.83. The quantitative estimate of drug-likeness (QED) is 0.651. The van der Waals surface area contributed by atoms with E-state index in [4.69, 9.17) is 0 Å². The number of anilines is 1. The first-order valence-corrected chi connectivity index (χ1v) is 11.7. The Morgan fingerprint density at radius 1 is 1.13 bits per heavy atom. The van der Waals surface area contributed by atoms with Crippen LogP contribution >= 0.6 is 0 Å². The number of aromatic nitrogens is 3. The van der Waals surface area contributed by atoms with E-state index < -0.39 is 10.0 Å². The number of rotatable bonds is 6. The number of para-hydroxylation sites is 1. The molecule has 0 atom stereocenters. The number of likely N-dealkylation sites (tertiary alicyclic amines) is 1. The first-order valence-electron chi connectivity index (χ1n) is 9.83. The molecule has 1 saturated heterocycles. The fraction of sp³-hybridized carbons (Fsp3) is 0.333. The van der Waals surface area contributed by atoms with Gasteiger partial charge in [-0.15, -0.1) is 5.10 Å². The molecule has 0 amide bonds. The molecule has 7 nitrogen and oxygen atoms in total. The van der Waals surface area contributed by atoms with Crippen molar-refractivity contribution in [1.29, 1.82) is 0 Å². The fourth-order valence-corrected chi connectivity index (χ4v) is 4.40. The van der Waals surface area contributed by atoms with E-state index in [1.807, 2.05) is 36.5 Å². The first-order chi connectivity index (χ1) is 14.4. The number of halogens is 1. The van der Waals surface area contributed by atoms with Gasteiger partial charge in [-0.05, 0) is 67.7 Å². The van der Waals surface area contributed by atoms with Gasteiger partial charge in [0.15, 0.2) is 0 Å². The molecule has 158 valence electrons. The standard InChI is InChI=1S/C21H24FN5O2S/c1-30(28,29)24-17-7-8-21(22)20(13-17)16-9-11-26(12-10-16)14-18-15-27(25-23-18)19-5-3-2-4-6-19/h2-8,13,15-16,24H,9-12,14H2,1H3. The largest absolute Gasteiger partial charge is 0.297 e. The predicted octanol–water partition coefficient (Wildman–Crippen LogP) is 3.16. The lowest BCUT2D eigenvalue weighted by Crippen LogP contribution is -2.32. The molecule has 4 rings (SSSR count). The minimum absolute atomic E-state index is 0.0579. The summed E-state index contributed by atoms with van der Waals surface area (Å²) in [6.07, 6.45) is 4.61. The van der Waals surface area contributed by atoms with Crippen LogP contribution in [0.4, 0.5) is 10.1 Å². The second-order valence-electron chi connectivity index (χ2n) is 7.65. The maximum atomic E-state index is 14.4. The molecule has 3 aromatic rings. The van der Waals surface area contributed by atoms with Crippen LogP contribution in [-0.2, 0) is 16.6 Å². The number of benzene rings is 2. The van der Waals surface area contributed by atoms with Crippen LogP contribution in [0.3, 0.4) is 0 Å². The van der Waals surface area contributed by atoms with Gasteiger partial charge in [0.2, 0.25) is 10.0 Å². The van der Waals surface area contributed by atoms with Crippen molar-refractivity contribution in [3.63, 3.8) is 0 Å². The maximum absolute atomic E-state index is 14.4. The highest BCUT2D eigenvalue weighted by molar-refractivity contribution is 7.92. The number of hydrogen-bond acceptors (Lipinski definition) is 5. The fourth-order valence-electron chi connectivity index (χ4n) is 3.84. The van der Waals surface area contributed by atoms with E-state index in [-0.39, 0.29) is 11.7 Å². The lowest BCUT2D eigenvalue weighted by Gasteiger charge is -2.31. The van der Waals surface area contributed by atoms with Crippen molar-refractivity contribution in [1.82, 2.24) is 19.9 Å². The van der Waals surface area contributed by atoms with E-state index >= 15 is 0 Å². The van der Waals surface area contributed by atoms with Gasteiger partial charge in [0.25, 0.3) is 0 Å². The molecule has 2 heterocycles. The van der Waals surface area contributed by atoms with Crippen LogP contribution in [0.1, 0.15) is 30.0 Å². The SMILES string of the molecule is CS(=O)(=O)Nc1ccc(F)c(C2CCN(Cc3cn(-c4ccccc4)nn3)CC2)c1. The third-order valence-corrected chi connectivity index (χ3v) is 5.88. The molecule has 0 spiro atoms. The van der Waals surface area contributed by atoms with Crippen LogP contribution in [0.25, 0.3) is 5.69 Å². The molecule has 2 aromatic carbocycles. The Bertz CT molecular complexity index is 1110. The Morgan fingerprint density at radius 3 is 2.57 bits per heavy atom. The highest BCUT2D eigenvalue weighted by Crippen LogP contribution is 2.32. The summed E-state index contributed by atoms with van der Waals surface area (Å²) < 4.78 is 41.5. The van der Waals surface area contributed by atoms with Gasteiger partial charge in [-0.3, -0.25) is 9.62 Å². The van der Waals surface area contributed by atoms with E-state index in [0.29, 0.717) is 17.8 Å². The lowest BCUT2D eigenvalue weighted by atomic mass is 9.89. The number of nitrogens with one attached hydrogen (secondary N) is 1. The van der Waals surface area contributed by atoms with Crippen LogP contribution in [0, 0.1) is 5.82 Å². The van der Waals surface area contributed by atoms with Gasteiger partial charge in [0.1, 0.15) is 5.82 Å². The second-order valence-corrected chi connectivity index (χ2v) is 9.40. The number of piperidine rings is 1. The third kappa shape index (κ3) is 5.03. The molecule has 0 bridgehead atoms. The molecule has 1 aliphatic rings. The van der Waals surface area contributed by atoms with Gasteiger partial charge in [0.05, 0.1) is 23.8 Å². The van der Waals surface area contributed by atoms with Crippen molar-refractivity contribution in [2.45, 2.75) is 25.3 Å². The topological polar surface area (TPSA) is 80.1 Å². The van der Waals surface area contributed by atoms with E-state index in [9.17, 15) is 12.8 Å². The van der Waals surface area contributed by atoms with Crippen LogP contribution in [0.15, 0.2) is 54.7 Å². The third-order valence-electron chi connectivity index (χ3n) is 5.27. The molecule has 1 aliphatic heterocycles. The highest BCUT2D eigenvalue weighted by Gasteiger charge is 2.24. The molecule has 0 aliphatic carbocycles. The molecule has 9 heteroatoms. The summed E-state index contributed by atoms with van der Waals surface area (Å²) in [6.45, 7) is 2.32. The molecule has 1 fully saturated rings. The van der Waals surface area contributed by atoms with Crippen LogP contribution in [0.2, 0.25) is 0 Å². The van der Waals surface area contributed by atoms with Crippen LogP contribution < -0.4 is 4.72 Å².